The molecule has 0 saturated heterocycles. The topological polar surface area (TPSA) is 119 Å². The van der Waals surface area contributed by atoms with Crippen molar-refractivity contribution in [2.45, 2.75) is 50.9 Å². The van der Waals surface area contributed by atoms with E-state index >= 15 is 9.59 Å². The summed E-state index contributed by atoms with van der Waals surface area (Å²) in [6.07, 6.45) is 1.36. The number of aliphatic hydroxyl groups is 1. The summed E-state index contributed by atoms with van der Waals surface area (Å²) >= 11 is 0. The first-order valence-corrected chi connectivity index (χ1v) is 19.3. The minimum atomic E-state index is -0.911. The van der Waals surface area contributed by atoms with Crippen molar-refractivity contribution in [1.82, 2.24) is 4.90 Å². The van der Waals surface area contributed by atoms with Crippen LogP contribution < -0.4 is 14.4 Å². The highest BCUT2D eigenvalue weighted by Gasteiger charge is 2.51. The second kappa shape index (κ2) is 18.1. The third-order valence-electron chi connectivity index (χ3n) is 10.3. The average Bonchev–Trinajstić information content (AvgIpc) is 3.81. The second-order valence-electron chi connectivity index (χ2n) is 14.2. The largest absolute Gasteiger partial charge is 0.497 e. The fraction of sp³-hybridized carbons (Fsp3) is 0.229. The van der Waals surface area contributed by atoms with Gasteiger partial charge in [0, 0.05) is 42.9 Å². The standard InChI is InChI=1S/C48H46N2O8/c1-4-11-44(57-32(2)52)47-46(49(31-40-29-37-14-8-9-15-43(37)58-40)45(53)28-33-16-22-38(55-3)23-17-33)41-30-39(56-27-10-26-51)24-25-42(41)50(47)48(54)36-20-18-35(19-21-36)34-12-6-5-7-13-34/h4-9,12-25,29-30,44,46-47,51H,1,10-11,26-28,31H2,2-3H3/t44?,46-,47+/m0/s1. The summed E-state index contributed by atoms with van der Waals surface area (Å²) in [5, 5.41) is 10.4. The molecule has 7 rings (SSSR count). The number of methoxy groups -OCH3 is 1. The van der Waals surface area contributed by atoms with Crippen molar-refractivity contribution in [3.63, 3.8) is 0 Å². The molecule has 296 valence electrons. The molecule has 1 aromatic heterocycles. The van der Waals surface area contributed by atoms with Crippen molar-refractivity contribution in [2.24, 2.45) is 0 Å². The second-order valence-corrected chi connectivity index (χ2v) is 14.2. The molecule has 10 nitrogen and oxygen atoms in total. The number of para-hydroxylation sites is 1. The first-order valence-electron chi connectivity index (χ1n) is 19.3. The number of fused-ring (bicyclic) bond motifs is 2. The maximum Gasteiger partial charge on any atom is 0.302 e. The molecular formula is C48H46N2O8. The first-order chi connectivity index (χ1) is 28.3. The lowest BCUT2D eigenvalue weighted by Gasteiger charge is -2.39. The Morgan fingerprint density at radius 3 is 2.28 bits per heavy atom. The van der Waals surface area contributed by atoms with Crippen LogP contribution in [0.5, 0.6) is 11.5 Å². The highest BCUT2D eigenvalue weighted by molar-refractivity contribution is 6.08. The molecule has 2 heterocycles. The first kappa shape index (κ1) is 39.6. The summed E-state index contributed by atoms with van der Waals surface area (Å²) < 4.78 is 23.8. The zero-order valence-corrected chi connectivity index (χ0v) is 32.6. The van der Waals surface area contributed by atoms with Gasteiger partial charge in [-0.2, -0.15) is 0 Å². The van der Waals surface area contributed by atoms with Crippen molar-refractivity contribution in [1.29, 1.82) is 0 Å². The molecule has 0 aliphatic carbocycles. The van der Waals surface area contributed by atoms with Crippen molar-refractivity contribution >= 4 is 34.4 Å². The van der Waals surface area contributed by atoms with Crippen LogP contribution in [0.2, 0.25) is 0 Å². The third kappa shape index (κ3) is 8.67. The van der Waals surface area contributed by atoms with E-state index in [1.807, 2.05) is 91.0 Å². The van der Waals surface area contributed by atoms with E-state index in [1.165, 1.54) is 6.92 Å². The quantitative estimate of drug-likeness (QED) is 0.0589. The van der Waals surface area contributed by atoms with Gasteiger partial charge < -0.3 is 28.6 Å². The number of benzene rings is 5. The Bertz CT molecular complexity index is 2340. The number of amides is 2. The Hall–Kier alpha value is -6.65. The monoisotopic (exact) mass is 778 g/mol. The lowest BCUT2D eigenvalue weighted by molar-refractivity contribution is -0.148. The maximum absolute atomic E-state index is 15.1. The maximum atomic E-state index is 15.1. The van der Waals surface area contributed by atoms with E-state index in [2.05, 4.69) is 6.58 Å². The molecule has 6 aromatic rings. The molecule has 58 heavy (non-hydrogen) atoms. The number of carbonyl (C=O) groups is 3. The van der Waals surface area contributed by atoms with Gasteiger partial charge in [-0.1, -0.05) is 78.9 Å². The Kier molecular flexibility index (Phi) is 12.3. The van der Waals surface area contributed by atoms with E-state index in [4.69, 9.17) is 18.6 Å². The Labute approximate surface area is 337 Å². The van der Waals surface area contributed by atoms with Gasteiger partial charge in [0.15, 0.2) is 0 Å². The molecule has 1 aliphatic rings. The number of hydrogen-bond donors (Lipinski definition) is 1. The zero-order chi connectivity index (χ0) is 40.6. The normalized spacial score (nSPS) is 15.1. The molecule has 0 spiro atoms. The fourth-order valence-corrected chi connectivity index (χ4v) is 7.64. The fourth-order valence-electron chi connectivity index (χ4n) is 7.64. The van der Waals surface area contributed by atoms with Crippen LogP contribution in [0.15, 0.2) is 144 Å². The van der Waals surface area contributed by atoms with Crippen molar-refractivity contribution in [3.05, 3.63) is 162 Å². The third-order valence-corrected chi connectivity index (χ3v) is 10.3. The summed E-state index contributed by atoms with van der Waals surface area (Å²) in [6, 6.07) is 37.8. The molecule has 2 amide bonds. The van der Waals surface area contributed by atoms with E-state index in [1.54, 1.807) is 59.4 Å². The number of nitrogens with zero attached hydrogens (tertiary/aromatic N) is 2. The van der Waals surface area contributed by atoms with Gasteiger partial charge in [-0.25, -0.2) is 0 Å². The van der Waals surface area contributed by atoms with Gasteiger partial charge in [0.05, 0.1) is 44.5 Å². The number of ether oxygens (including phenoxy) is 3. The lowest BCUT2D eigenvalue weighted by Crippen LogP contribution is -2.53. The molecule has 0 bridgehead atoms. The van der Waals surface area contributed by atoms with Crippen LogP contribution in [0.4, 0.5) is 5.69 Å². The number of carbonyl (C=O) groups excluding carboxylic acids is 3. The van der Waals surface area contributed by atoms with Crippen LogP contribution in [0, 0.1) is 0 Å². The molecule has 1 unspecified atom stereocenters. The number of hydrogen-bond acceptors (Lipinski definition) is 8. The summed E-state index contributed by atoms with van der Waals surface area (Å²) in [5.74, 6) is 0.566. The molecule has 0 fully saturated rings. The van der Waals surface area contributed by atoms with Gasteiger partial charge >= 0.3 is 5.97 Å². The average molecular weight is 779 g/mol. The lowest BCUT2D eigenvalue weighted by atomic mass is 9.93. The van der Waals surface area contributed by atoms with Crippen LogP contribution in [0.3, 0.4) is 0 Å². The summed E-state index contributed by atoms with van der Waals surface area (Å²) in [5.41, 5.74) is 4.96. The van der Waals surface area contributed by atoms with Crippen molar-refractivity contribution in [3.8, 4) is 22.6 Å². The van der Waals surface area contributed by atoms with Gasteiger partial charge in [-0.15, -0.1) is 6.58 Å². The van der Waals surface area contributed by atoms with Gasteiger partial charge in [0.25, 0.3) is 5.91 Å². The van der Waals surface area contributed by atoms with E-state index < -0.39 is 24.2 Å². The van der Waals surface area contributed by atoms with E-state index in [9.17, 15) is 9.90 Å². The Morgan fingerprint density at radius 2 is 1.59 bits per heavy atom. The molecule has 10 heteroatoms. The number of furan rings is 1. The van der Waals surface area contributed by atoms with E-state index in [-0.39, 0.29) is 44.4 Å². The highest BCUT2D eigenvalue weighted by atomic mass is 16.5. The summed E-state index contributed by atoms with van der Waals surface area (Å²) in [4.78, 5) is 46.3. The molecular weight excluding hydrogens is 733 g/mol. The van der Waals surface area contributed by atoms with Gasteiger partial charge in [0.2, 0.25) is 5.91 Å². The Balaban J connectivity index is 1.39. The van der Waals surface area contributed by atoms with Crippen LogP contribution in [-0.2, 0) is 27.3 Å². The molecule has 0 radical (unpaired) electrons. The van der Waals surface area contributed by atoms with Gasteiger partial charge in [-0.05, 0) is 71.3 Å². The minimum Gasteiger partial charge on any atom is -0.497 e. The van der Waals surface area contributed by atoms with Crippen LogP contribution in [-0.4, -0.2) is 60.3 Å². The number of aliphatic hydroxyl groups excluding tert-OH is 1. The van der Waals surface area contributed by atoms with Crippen molar-refractivity contribution in [2.75, 3.05) is 25.2 Å². The summed E-state index contributed by atoms with van der Waals surface area (Å²) in [7, 11) is 1.59. The predicted molar refractivity (Wildman–Crippen MR) is 223 cm³/mol. The summed E-state index contributed by atoms with van der Waals surface area (Å²) in [6.45, 7) is 5.55. The number of rotatable bonds is 16. The Morgan fingerprint density at radius 1 is 0.879 bits per heavy atom. The minimum absolute atomic E-state index is 0.0179. The highest BCUT2D eigenvalue weighted by Crippen LogP contribution is 2.48. The van der Waals surface area contributed by atoms with Gasteiger partial charge in [0.1, 0.15) is 28.9 Å². The van der Waals surface area contributed by atoms with Crippen LogP contribution in [0.1, 0.15) is 53.1 Å². The number of esters is 1. The molecule has 1 aliphatic heterocycles. The van der Waals surface area contributed by atoms with Crippen LogP contribution >= 0.6 is 0 Å². The predicted octanol–water partition coefficient (Wildman–Crippen LogP) is 8.72. The molecule has 0 saturated carbocycles. The van der Waals surface area contributed by atoms with E-state index in [0.717, 1.165) is 22.1 Å². The zero-order valence-electron chi connectivity index (χ0n) is 32.6. The van der Waals surface area contributed by atoms with E-state index in [0.29, 0.717) is 46.1 Å². The molecule has 5 aromatic carbocycles. The number of anilines is 1. The van der Waals surface area contributed by atoms with Crippen LogP contribution in [0.25, 0.3) is 22.1 Å². The SMILES string of the molecule is C=CCC(OC(C)=O)[C@@H]1[C@@H](N(Cc2cc3ccccc3o2)C(=O)Cc2ccc(OC)cc2)c2cc(OCCCO)ccc2N1C(=O)c1ccc(-c2ccccc2)cc1. The molecule has 3 atom stereocenters. The van der Waals surface area contributed by atoms with Crippen molar-refractivity contribution < 1.29 is 38.1 Å². The van der Waals surface area contributed by atoms with Gasteiger partial charge in [-0.3, -0.25) is 19.3 Å². The molecule has 1 N–H and O–H groups in total. The smallest absolute Gasteiger partial charge is 0.302 e.